The summed E-state index contributed by atoms with van der Waals surface area (Å²) in [4.78, 5) is 9.48. The van der Waals surface area contributed by atoms with Gasteiger partial charge in [-0.25, -0.2) is 4.98 Å². The third-order valence-corrected chi connectivity index (χ3v) is 5.63. The quantitative estimate of drug-likeness (QED) is 0.697. The minimum atomic E-state index is 0.763. The lowest BCUT2D eigenvalue weighted by molar-refractivity contribution is 0.413. The number of hydrogen-bond donors (Lipinski definition) is 0. The van der Waals surface area contributed by atoms with Gasteiger partial charge in [-0.15, -0.1) is 0 Å². The van der Waals surface area contributed by atoms with Gasteiger partial charge >= 0.3 is 0 Å². The molecule has 0 bridgehead atoms. The van der Waals surface area contributed by atoms with E-state index in [0.29, 0.717) is 0 Å². The van der Waals surface area contributed by atoms with Crippen molar-refractivity contribution in [3.63, 3.8) is 0 Å². The summed E-state index contributed by atoms with van der Waals surface area (Å²) in [6.07, 6.45) is 0. The van der Waals surface area contributed by atoms with Crippen molar-refractivity contribution < 1.29 is 4.74 Å². The van der Waals surface area contributed by atoms with Gasteiger partial charge in [0.2, 0.25) is 0 Å². The summed E-state index contributed by atoms with van der Waals surface area (Å²) in [5.41, 5.74) is 2.18. The van der Waals surface area contributed by atoms with Crippen LogP contribution in [-0.4, -0.2) is 38.3 Å². The molecule has 0 saturated carbocycles. The molecule has 3 aromatic rings. The van der Waals surface area contributed by atoms with E-state index in [2.05, 4.69) is 21.9 Å². The average molecular weight is 360 g/mol. The van der Waals surface area contributed by atoms with Crippen LogP contribution in [0.25, 0.3) is 10.2 Å². The van der Waals surface area contributed by atoms with Crippen LogP contribution in [0, 0.1) is 0 Å². The fraction of sp³-hybridized carbons (Fsp3) is 0.278. The summed E-state index contributed by atoms with van der Waals surface area (Å²) in [6.45, 7) is 3.81. The molecule has 0 aliphatic carbocycles. The molecule has 2 aromatic carbocycles. The number of halogens is 1. The van der Waals surface area contributed by atoms with Gasteiger partial charge in [-0.1, -0.05) is 35.1 Å². The topological polar surface area (TPSA) is 28.6 Å². The largest absolute Gasteiger partial charge is 0.495 e. The molecule has 0 atom stereocenters. The summed E-state index contributed by atoms with van der Waals surface area (Å²) in [7, 11) is 1.72. The number of methoxy groups -OCH3 is 1. The molecule has 0 unspecified atom stereocenters. The molecule has 0 amide bonds. The first-order chi connectivity index (χ1) is 11.7. The Kier molecular flexibility index (Phi) is 4.21. The first-order valence-electron chi connectivity index (χ1n) is 7.93. The van der Waals surface area contributed by atoms with Gasteiger partial charge < -0.3 is 14.5 Å². The van der Waals surface area contributed by atoms with Crippen LogP contribution < -0.4 is 14.5 Å². The molecule has 1 aliphatic rings. The van der Waals surface area contributed by atoms with E-state index in [4.69, 9.17) is 21.3 Å². The molecule has 1 fully saturated rings. The van der Waals surface area contributed by atoms with Crippen LogP contribution in [0.1, 0.15) is 0 Å². The monoisotopic (exact) mass is 359 g/mol. The molecule has 6 heteroatoms. The number of piperazine rings is 1. The molecule has 2 heterocycles. The molecule has 1 saturated heterocycles. The van der Waals surface area contributed by atoms with Crippen molar-refractivity contribution in [1.82, 2.24) is 4.98 Å². The second-order valence-electron chi connectivity index (χ2n) is 5.75. The van der Waals surface area contributed by atoms with E-state index in [0.717, 1.165) is 58.0 Å². The van der Waals surface area contributed by atoms with Crippen molar-refractivity contribution in [3.05, 3.63) is 47.5 Å². The predicted octanol–water partition coefficient (Wildman–Crippen LogP) is 4.28. The van der Waals surface area contributed by atoms with Crippen molar-refractivity contribution in [2.75, 3.05) is 43.1 Å². The molecular weight excluding hydrogens is 342 g/mol. The van der Waals surface area contributed by atoms with Crippen LogP contribution in [0.15, 0.2) is 42.5 Å². The summed E-state index contributed by atoms with van der Waals surface area (Å²) < 4.78 is 6.63. The number of benzene rings is 2. The van der Waals surface area contributed by atoms with Crippen LogP contribution in [0.2, 0.25) is 5.02 Å². The number of nitrogens with zero attached hydrogens (tertiary/aromatic N) is 3. The number of thiazole rings is 1. The van der Waals surface area contributed by atoms with E-state index in [1.165, 1.54) is 0 Å². The Morgan fingerprint density at radius 3 is 2.58 bits per heavy atom. The average Bonchev–Trinajstić information content (AvgIpc) is 3.05. The highest BCUT2D eigenvalue weighted by Crippen LogP contribution is 2.33. The van der Waals surface area contributed by atoms with Gasteiger partial charge in [-0.3, -0.25) is 0 Å². The van der Waals surface area contributed by atoms with Crippen LogP contribution in [0.3, 0.4) is 0 Å². The zero-order chi connectivity index (χ0) is 16.5. The second-order valence-corrected chi connectivity index (χ2v) is 7.20. The van der Waals surface area contributed by atoms with E-state index < -0.39 is 0 Å². The van der Waals surface area contributed by atoms with E-state index in [1.807, 2.05) is 30.3 Å². The standard InChI is InChI=1S/C18H18ClN3OS/c1-23-16-5-3-2-4-15(16)21-8-10-22(11-9-21)18-20-14-7-6-13(19)12-17(14)24-18/h2-7,12H,8-11H2,1H3. The Balaban J connectivity index is 1.51. The van der Waals surface area contributed by atoms with E-state index in [-0.39, 0.29) is 0 Å². The minimum absolute atomic E-state index is 0.763. The maximum atomic E-state index is 6.08. The molecule has 0 spiro atoms. The van der Waals surface area contributed by atoms with Crippen molar-refractivity contribution >= 4 is 44.0 Å². The minimum Gasteiger partial charge on any atom is -0.495 e. The number of ether oxygens (including phenoxy) is 1. The van der Waals surface area contributed by atoms with Crippen LogP contribution in [0.4, 0.5) is 10.8 Å². The molecule has 1 aromatic heterocycles. The Hall–Kier alpha value is -1.98. The number of rotatable bonds is 3. The van der Waals surface area contributed by atoms with Gasteiger partial charge in [0.15, 0.2) is 5.13 Å². The Labute approximate surface area is 150 Å². The molecule has 24 heavy (non-hydrogen) atoms. The highest BCUT2D eigenvalue weighted by atomic mass is 35.5. The summed E-state index contributed by atoms with van der Waals surface area (Å²) >= 11 is 7.79. The maximum absolute atomic E-state index is 6.08. The van der Waals surface area contributed by atoms with E-state index in [9.17, 15) is 0 Å². The number of para-hydroxylation sites is 2. The lowest BCUT2D eigenvalue weighted by Gasteiger charge is -2.36. The Bertz CT molecular complexity index is 858. The van der Waals surface area contributed by atoms with Crippen LogP contribution in [-0.2, 0) is 0 Å². The second kappa shape index (κ2) is 6.49. The van der Waals surface area contributed by atoms with Gasteiger partial charge in [-0.05, 0) is 30.3 Å². The van der Waals surface area contributed by atoms with E-state index >= 15 is 0 Å². The Morgan fingerprint density at radius 1 is 1.04 bits per heavy atom. The van der Waals surface area contributed by atoms with Crippen LogP contribution in [0.5, 0.6) is 5.75 Å². The zero-order valence-corrected chi connectivity index (χ0v) is 15.0. The summed E-state index contributed by atoms with van der Waals surface area (Å²) in [5.74, 6) is 0.931. The molecule has 0 radical (unpaired) electrons. The van der Waals surface area contributed by atoms with Crippen molar-refractivity contribution in [2.45, 2.75) is 0 Å². The lowest BCUT2D eigenvalue weighted by atomic mass is 10.2. The molecule has 4 rings (SSSR count). The first-order valence-corrected chi connectivity index (χ1v) is 9.13. The summed E-state index contributed by atoms with van der Waals surface area (Å²) in [6, 6.07) is 14.1. The number of anilines is 2. The number of hydrogen-bond acceptors (Lipinski definition) is 5. The first kappa shape index (κ1) is 15.5. The third kappa shape index (κ3) is 2.89. The maximum Gasteiger partial charge on any atom is 0.186 e. The molecule has 0 N–H and O–H groups in total. The SMILES string of the molecule is COc1ccccc1N1CCN(c2nc3ccc(Cl)cc3s2)CC1. The van der Waals surface area contributed by atoms with Gasteiger partial charge in [-0.2, -0.15) is 0 Å². The van der Waals surface area contributed by atoms with Crippen molar-refractivity contribution in [1.29, 1.82) is 0 Å². The van der Waals surface area contributed by atoms with Crippen molar-refractivity contribution in [3.8, 4) is 5.75 Å². The highest BCUT2D eigenvalue weighted by molar-refractivity contribution is 7.22. The van der Waals surface area contributed by atoms with Gasteiger partial charge in [0, 0.05) is 31.2 Å². The fourth-order valence-electron chi connectivity index (χ4n) is 3.05. The normalized spacial score (nSPS) is 15.1. The van der Waals surface area contributed by atoms with E-state index in [1.54, 1.807) is 18.4 Å². The van der Waals surface area contributed by atoms with Gasteiger partial charge in [0.25, 0.3) is 0 Å². The fourth-order valence-corrected chi connectivity index (χ4v) is 4.34. The molecule has 1 aliphatic heterocycles. The molecule has 4 nitrogen and oxygen atoms in total. The smallest absolute Gasteiger partial charge is 0.186 e. The Morgan fingerprint density at radius 2 is 1.79 bits per heavy atom. The predicted molar refractivity (Wildman–Crippen MR) is 102 cm³/mol. The number of aromatic nitrogens is 1. The van der Waals surface area contributed by atoms with Gasteiger partial charge in [0.1, 0.15) is 5.75 Å². The van der Waals surface area contributed by atoms with Crippen molar-refractivity contribution in [2.24, 2.45) is 0 Å². The van der Waals surface area contributed by atoms with Gasteiger partial charge in [0.05, 0.1) is 23.0 Å². The highest BCUT2D eigenvalue weighted by Gasteiger charge is 2.21. The lowest BCUT2D eigenvalue weighted by Crippen LogP contribution is -2.46. The number of fused-ring (bicyclic) bond motifs is 1. The molecule has 124 valence electrons. The summed E-state index contributed by atoms with van der Waals surface area (Å²) in [5, 5.41) is 1.84. The third-order valence-electron chi connectivity index (χ3n) is 4.32. The molecular formula is C18H18ClN3OS. The zero-order valence-electron chi connectivity index (χ0n) is 13.4. The van der Waals surface area contributed by atoms with Crippen LogP contribution >= 0.6 is 22.9 Å².